The summed E-state index contributed by atoms with van der Waals surface area (Å²) in [6, 6.07) is 0.217. The molecule has 1 unspecified atom stereocenters. The van der Waals surface area contributed by atoms with Gasteiger partial charge in [0.1, 0.15) is 0 Å². The van der Waals surface area contributed by atoms with E-state index in [-0.39, 0.29) is 11.9 Å². The molecule has 0 aliphatic heterocycles. The Morgan fingerprint density at radius 3 is 2.69 bits per heavy atom. The van der Waals surface area contributed by atoms with Gasteiger partial charge in [-0.05, 0) is 56.8 Å². The van der Waals surface area contributed by atoms with Crippen LogP contribution in [0.5, 0.6) is 0 Å². The Hall–Kier alpha value is -0.570. The summed E-state index contributed by atoms with van der Waals surface area (Å²) in [7, 11) is 0. The van der Waals surface area contributed by atoms with Gasteiger partial charge in [-0.1, -0.05) is 0 Å². The summed E-state index contributed by atoms with van der Waals surface area (Å²) >= 11 is 0. The van der Waals surface area contributed by atoms with Crippen LogP contribution in [0.4, 0.5) is 0 Å². The molecule has 2 saturated carbocycles. The number of carbonyl (C=O) groups is 1. The van der Waals surface area contributed by atoms with Crippen molar-refractivity contribution in [1.29, 1.82) is 0 Å². The lowest BCUT2D eigenvalue weighted by Crippen LogP contribution is -2.31. The van der Waals surface area contributed by atoms with Gasteiger partial charge in [-0.15, -0.1) is 0 Å². The summed E-state index contributed by atoms with van der Waals surface area (Å²) in [6.07, 6.45) is 7.94. The summed E-state index contributed by atoms with van der Waals surface area (Å²) in [5.74, 6) is 1.14. The van der Waals surface area contributed by atoms with Crippen LogP contribution in [0.15, 0.2) is 0 Å². The van der Waals surface area contributed by atoms with Crippen molar-refractivity contribution in [3.8, 4) is 0 Å². The quantitative estimate of drug-likeness (QED) is 0.693. The van der Waals surface area contributed by atoms with E-state index in [2.05, 4.69) is 5.32 Å². The van der Waals surface area contributed by atoms with Crippen LogP contribution in [0, 0.1) is 11.3 Å². The molecule has 0 aromatic heterocycles. The summed E-state index contributed by atoms with van der Waals surface area (Å²) in [4.78, 5) is 11.6. The van der Waals surface area contributed by atoms with Crippen LogP contribution in [-0.4, -0.2) is 18.5 Å². The molecule has 2 aliphatic carbocycles. The number of hydrogen-bond acceptors (Lipinski definition) is 2. The predicted octanol–water partition coefficient (Wildman–Crippen LogP) is 1.81. The van der Waals surface area contributed by atoms with Crippen molar-refractivity contribution in [2.45, 2.75) is 57.9 Å². The lowest BCUT2D eigenvalue weighted by molar-refractivity contribution is -0.121. The van der Waals surface area contributed by atoms with E-state index < -0.39 is 0 Å². The van der Waals surface area contributed by atoms with Crippen molar-refractivity contribution >= 4 is 5.91 Å². The number of hydrogen-bond donors (Lipinski definition) is 2. The largest absolute Gasteiger partial charge is 0.356 e. The zero-order valence-electron chi connectivity index (χ0n) is 10.3. The van der Waals surface area contributed by atoms with Gasteiger partial charge in [0, 0.05) is 19.0 Å². The maximum atomic E-state index is 11.6. The summed E-state index contributed by atoms with van der Waals surface area (Å²) in [5, 5.41) is 3.10. The highest BCUT2D eigenvalue weighted by Gasteiger charge is 2.53. The molecule has 0 radical (unpaired) electrons. The molecule has 2 fully saturated rings. The second-order valence-corrected chi connectivity index (χ2v) is 5.78. The van der Waals surface area contributed by atoms with Gasteiger partial charge in [0.05, 0.1) is 0 Å². The molecule has 2 rings (SSSR count). The Morgan fingerprint density at radius 2 is 2.19 bits per heavy atom. The Labute approximate surface area is 98.2 Å². The first-order chi connectivity index (χ1) is 7.62. The van der Waals surface area contributed by atoms with Crippen molar-refractivity contribution in [2.75, 3.05) is 6.54 Å². The van der Waals surface area contributed by atoms with Crippen LogP contribution in [0.25, 0.3) is 0 Å². The summed E-state index contributed by atoms with van der Waals surface area (Å²) in [5.41, 5.74) is 6.17. The molecule has 3 N–H and O–H groups in total. The van der Waals surface area contributed by atoms with E-state index in [0.717, 1.165) is 25.3 Å². The van der Waals surface area contributed by atoms with E-state index in [0.29, 0.717) is 11.8 Å². The monoisotopic (exact) mass is 224 g/mol. The molecule has 1 atom stereocenters. The summed E-state index contributed by atoms with van der Waals surface area (Å²) in [6.45, 7) is 2.92. The Morgan fingerprint density at radius 1 is 1.50 bits per heavy atom. The minimum absolute atomic E-state index is 0.215. The second-order valence-electron chi connectivity index (χ2n) is 5.78. The van der Waals surface area contributed by atoms with Gasteiger partial charge < -0.3 is 11.1 Å². The average Bonchev–Trinajstić information content (AvgIpc) is 3.06. The van der Waals surface area contributed by atoms with Gasteiger partial charge in [-0.3, -0.25) is 4.79 Å². The first-order valence-electron chi connectivity index (χ1n) is 6.65. The van der Waals surface area contributed by atoms with Crippen molar-refractivity contribution in [3.05, 3.63) is 0 Å². The lowest BCUT2D eigenvalue weighted by atomic mass is 10.0. The van der Waals surface area contributed by atoms with E-state index in [4.69, 9.17) is 5.73 Å². The molecule has 0 aromatic rings. The van der Waals surface area contributed by atoms with Crippen molar-refractivity contribution in [1.82, 2.24) is 5.32 Å². The van der Waals surface area contributed by atoms with Gasteiger partial charge in [0.15, 0.2) is 0 Å². The van der Waals surface area contributed by atoms with E-state index >= 15 is 0 Å². The third-order valence-electron chi connectivity index (χ3n) is 4.04. The fraction of sp³-hybridized carbons (Fsp3) is 0.923. The fourth-order valence-electron chi connectivity index (χ4n) is 2.53. The average molecular weight is 224 g/mol. The normalized spacial score (nSPS) is 23.9. The highest BCUT2D eigenvalue weighted by molar-refractivity contribution is 5.75. The molecule has 0 aromatic carbocycles. The van der Waals surface area contributed by atoms with Crippen LogP contribution in [-0.2, 0) is 4.79 Å². The molecule has 16 heavy (non-hydrogen) atoms. The maximum Gasteiger partial charge on any atom is 0.220 e. The molecule has 3 nitrogen and oxygen atoms in total. The molecule has 0 saturated heterocycles. The Balaban J connectivity index is 1.57. The van der Waals surface area contributed by atoms with Gasteiger partial charge in [-0.2, -0.15) is 0 Å². The molecule has 3 heteroatoms. The van der Waals surface area contributed by atoms with Crippen molar-refractivity contribution in [2.24, 2.45) is 17.1 Å². The minimum atomic E-state index is 0.215. The van der Waals surface area contributed by atoms with E-state index in [1.807, 2.05) is 6.92 Å². The zero-order valence-corrected chi connectivity index (χ0v) is 10.3. The highest BCUT2D eigenvalue weighted by atomic mass is 16.1. The third-order valence-corrected chi connectivity index (χ3v) is 4.04. The fourth-order valence-corrected chi connectivity index (χ4v) is 2.53. The maximum absolute atomic E-state index is 11.6. The number of amides is 1. The third kappa shape index (κ3) is 3.21. The smallest absolute Gasteiger partial charge is 0.220 e. The van der Waals surface area contributed by atoms with Crippen LogP contribution < -0.4 is 11.1 Å². The summed E-state index contributed by atoms with van der Waals surface area (Å²) < 4.78 is 0. The number of carbonyl (C=O) groups excluding carboxylic acids is 1. The molecule has 0 heterocycles. The van der Waals surface area contributed by atoms with Gasteiger partial charge in [0.25, 0.3) is 0 Å². The van der Waals surface area contributed by atoms with Crippen LogP contribution in [0.2, 0.25) is 0 Å². The first-order valence-corrected chi connectivity index (χ1v) is 6.65. The Bertz CT molecular complexity index is 255. The minimum Gasteiger partial charge on any atom is -0.356 e. The number of rotatable bonds is 7. The standard InChI is InChI=1S/C13H24N2O/c1-10(14)3-2-4-12(16)15-9-13(7-8-13)11-5-6-11/h10-11H,2-9,14H2,1H3,(H,15,16). The van der Waals surface area contributed by atoms with E-state index in [1.54, 1.807) is 0 Å². The van der Waals surface area contributed by atoms with Crippen molar-refractivity contribution in [3.63, 3.8) is 0 Å². The van der Waals surface area contributed by atoms with Gasteiger partial charge >= 0.3 is 0 Å². The number of nitrogens with one attached hydrogen (secondary N) is 1. The second kappa shape index (κ2) is 4.74. The molecule has 2 aliphatic rings. The van der Waals surface area contributed by atoms with Crippen LogP contribution >= 0.6 is 0 Å². The molecule has 1 amide bonds. The van der Waals surface area contributed by atoms with Crippen LogP contribution in [0.3, 0.4) is 0 Å². The zero-order chi connectivity index (χ0) is 11.6. The lowest BCUT2D eigenvalue weighted by Gasteiger charge is -2.15. The van der Waals surface area contributed by atoms with Crippen molar-refractivity contribution < 1.29 is 4.79 Å². The molecular weight excluding hydrogens is 200 g/mol. The molecular formula is C13H24N2O. The van der Waals surface area contributed by atoms with E-state index in [1.165, 1.54) is 25.7 Å². The predicted molar refractivity (Wildman–Crippen MR) is 64.9 cm³/mol. The number of nitrogens with two attached hydrogens (primary N) is 1. The first kappa shape index (κ1) is 11.9. The van der Waals surface area contributed by atoms with E-state index in [9.17, 15) is 4.79 Å². The highest BCUT2D eigenvalue weighted by Crippen LogP contribution is 2.60. The van der Waals surface area contributed by atoms with Gasteiger partial charge in [0.2, 0.25) is 5.91 Å². The van der Waals surface area contributed by atoms with Gasteiger partial charge in [-0.25, -0.2) is 0 Å². The Kier molecular flexibility index (Phi) is 3.53. The molecule has 92 valence electrons. The SMILES string of the molecule is CC(N)CCCC(=O)NCC1(C2CC2)CC1. The molecule has 0 spiro atoms. The van der Waals surface area contributed by atoms with Crippen LogP contribution in [0.1, 0.15) is 51.9 Å². The molecule has 0 bridgehead atoms. The topological polar surface area (TPSA) is 55.1 Å².